The Bertz CT molecular complexity index is 1110. The van der Waals surface area contributed by atoms with Crippen LogP contribution in [0.3, 0.4) is 0 Å². The third kappa shape index (κ3) is 3.89. The SMILES string of the molecule is Cc1ccc(S(=O)(=O)C[Si](c2ccccc2)(c2ccccc2)c2ccccc2)cc1. The van der Waals surface area contributed by atoms with Crippen molar-refractivity contribution in [2.75, 3.05) is 5.38 Å². The van der Waals surface area contributed by atoms with Gasteiger partial charge in [0, 0.05) is 0 Å². The first kappa shape index (κ1) is 20.3. The molecule has 30 heavy (non-hydrogen) atoms. The second-order valence-corrected chi connectivity index (χ2v) is 14.0. The molecule has 0 bridgehead atoms. The summed E-state index contributed by atoms with van der Waals surface area (Å²) in [7, 11) is -6.36. The van der Waals surface area contributed by atoms with E-state index in [-0.39, 0.29) is 5.38 Å². The summed E-state index contributed by atoms with van der Waals surface area (Å²) in [6, 6.07) is 37.6. The summed E-state index contributed by atoms with van der Waals surface area (Å²) in [6.45, 7) is 1.97. The number of hydrogen-bond acceptors (Lipinski definition) is 2. The molecule has 0 aromatic heterocycles. The highest BCUT2D eigenvalue weighted by Crippen LogP contribution is 2.18. The van der Waals surface area contributed by atoms with Crippen LogP contribution in [-0.4, -0.2) is 21.9 Å². The van der Waals surface area contributed by atoms with Crippen LogP contribution in [0.15, 0.2) is 120 Å². The highest BCUT2D eigenvalue weighted by Gasteiger charge is 2.43. The third-order valence-electron chi connectivity index (χ3n) is 5.59. The Morgan fingerprint density at radius 1 is 0.567 bits per heavy atom. The van der Waals surface area contributed by atoms with Crippen molar-refractivity contribution in [3.8, 4) is 0 Å². The number of hydrogen-bond donors (Lipinski definition) is 0. The molecule has 0 saturated heterocycles. The minimum Gasteiger partial charge on any atom is -0.224 e. The first-order valence-corrected chi connectivity index (χ1v) is 13.8. The van der Waals surface area contributed by atoms with Gasteiger partial charge in [-0.25, -0.2) is 8.42 Å². The van der Waals surface area contributed by atoms with Crippen LogP contribution in [0, 0.1) is 6.92 Å². The van der Waals surface area contributed by atoms with Crippen LogP contribution in [0.5, 0.6) is 0 Å². The maximum absolute atomic E-state index is 13.7. The minimum absolute atomic E-state index is 0.0844. The molecule has 0 aliphatic rings. The number of aryl methyl sites for hydroxylation is 1. The van der Waals surface area contributed by atoms with Crippen molar-refractivity contribution in [2.45, 2.75) is 11.8 Å². The van der Waals surface area contributed by atoms with Gasteiger partial charge >= 0.3 is 0 Å². The highest BCUT2D eigenvalue weighted by atomic mass is 32.2. The molecular formula is C26H24O2SSi. The van der Waals surface area contributed by atoms with E-state index < -0.39 is 17.9 Å². The molecule has 0 heterocycles. The largest absolute Gasteiger partial charge is 0.224 e. The van der Waals surface area contributed by atoms with E-state index >= 15 is 0 Å². The van der Waals surface area contributed by atoms with Crippen molar-refractivity contribution in [1.29, 1.82) is 0 Å². The minimum atomic E-state index is -3.52. The van der Waals surface area contributed by atoms with Gasteiger partial charge in [0.15, 0.2) is 17.9 Å². The Balaban J connectivity index is 1.99. The van der Waals surface area contributed by atoms with Gasteiger partial charge in [-0.2, -0.15) is 0 Å². The van der Waals surface area contributed by atoms with Crippen molar-refractivity contribution in [3.63, 3.8) is 0 Å². The van der Waals surface area contributed by atoms with Gasteiger partial charge in [-0.3, -0.25) is 0 Å². The molecule has 4 rings (SSSR count). The number of benzene rings is 4. The molecule has 0 aliphatic carbocycles. The van der Waals surface area contributed by atoms with Crippen molar-refractivity contribution in [3.05, 3.63) is 121 Å². The van der Waals surface area contributed by atoms with Crippen LogP contribution in [0.25, 0.3) is 0 Å². The highest BCUT2D eigenvalue weighted by molar-refractivity contribution is 7.93. The summed E-state index contributed by atoms with van der Waals surface area (Å²) in [5.74, 6) is 0. The average Bonchev–Trinajstić information content (AvgIpc) is 2.79. The topological polar surface area (TPSA) is 34.1 Å². The van der Waals surface area contributed by atoms with Crippen molar-refractivity contribution in [1.82, 2.24) is 0 Å². The van der Waals surface area contributed by atoms with Gasteiger partial charge in [0.25, 0.3) is 0 Å². The third-order valence-corrected chi connectivity index (χ3v) is 13.8. The molecule has 150 valence electrons. The lowest BCUT2D eigenvalue weighted by Gasteiger charge is -2.33. The van der Waals surface area contributed by atoms with E-state index in [1.165, 1.54) is 0 Å². The summed E-state index contributed by atoms with van der Waals surface area (Å²) >= 11 is 0. The fraction of sp³-hybridized carbons (Fsp3) is 0.0769. The van der Waals surface area contributed by atoms with E-state index in [4.69, 9.17) is 0 Å². The molecule has 0 spiro atoms. The van der Waals surface area contributed by atoms with Gasteiger partial charge in [-0.05, 0) is 34.6 Å². The Morgan fingerprint density at radius 2 is 0.933 bits per heavy atom. The lowest BCUT2D eigenvalue weighted by atomic mass is 10.2. The molecule has 4 aromatic carbocycles. The lowest BCUT2D eigenvalue weighted by molar-refractivity contribution is 0.600. The normalized spacial score (nSPS) is 11.9. The standard InChI is InChI=1S/C26H24O2SSi/c1-22-17-19-23(20-18-22)29(27,28)21-30(24-11-5-2-6-12-24,25-13-7-3-8-14-25)26-15-9-4-10-16-26/h2-20H,21H2,1H3. The maximum Gasteiger partial charge on any atom is 0.176 e. The van der Waals surface area contributed by atoms with Gasteiger partial charge in [0.2, 0.25) is 0 Å². The van der Waals surface area contributed by atoms with E-state index in [1.807, 2.05) is 73.7 Å². The zero-order valence-corrected chi connectivity index (χ0v) is 18.7. The summed E-state index contributed by atoms with van der Waals surface area (Å²) < 4.78 is 27.4. The molecule has 0 N–H and O–H groups in total. The quantitative estimate of drug-likeness (QED) is 0.348. The first-order chi connectivity index (χ1) is 14.5. The van der Waals surface area contributed by atoms with Crippen molar-refractivity contribution < 1.29 is 8.42 Å². The molecular weight excluding hydrogens is 404 g/mol. The van der Waals surface area contributed by atoms with Crippen LogP contribution in [0.1, 0.15) is 5.56 Å². The predicted octanol–water partition coefficient (Wildman–Crippen LogP) is 3.48. The molecule has 4 aromatic rings. The second-order valence-electron chi connectivity index (χ2n) is 7.58. The molecule has 0 unspecified atom stereocenters. The van der Waals surface area contributed by atoms with Crippen LogP contribution in [-0.2, 0) is 9.84 Å². The predicted molar refractivity (Wildman–Crippen MR) is 127 cm³/mol. The molecule has 0 radical (unpaired) electrons. The Morgan fingerprint density at radius 3 is 1.30 bits per heavy atom. The molecule has 0 saturated carbocycles. The van der Waals surface area contributed by atoms with Gasteiger partial charge < -0.3 is 0 Å². The Kier molecular flexibility index (Phi) is 5.71. The summed E-state index contributed by atoms with van der Waals surface area (Å²) in [5, 5.41) is 3.37. The zero-order valence-electron chi connectivity index (χ0n) is 16.9. The van der Waals surface area contributed by atoms with Gasteiger partial charge in [0.1, 0.15) is 0 Å². The molecule has 4 heteroatoms. The van der Waals surface area contributed by atoms with E-state index in [1.54, 1.807) is 12.1 Å². The summed E-state index contributed by atoms with van der Waals surface area (Å²) in [5.41, 5.74) is 1.05. The zero-order chi connectivity index (χ0) is 21.0. The van der Waals surface area contributed by atoms with Crippen LogP contribution >= 0.6 is 0 Å². The molecule has 0 atom stereocenters. The van der Waals surface area contributed by atoms with Crippen molar-refractivity contribution in [2.24, 2.45) is 0 Å². The van der Waals surface area contributed by atoms with Crippen molar-refractivity contribution >= 4 is 33.5 Å². The Labute approximate surface area is 179 Å². The molecule has 0 fully saturated rings. The van der Waals surface area contributed by atoms with Crippen LogP contribution < -0.4 is 15.6 Å². The number of rotatable bonds is 6. The number of sulfone groups is 1. The fourth-order valence-electron chi connectivity index (χ4n) is 4.03. The molecule has 0 aliphatic heterocycles. The molecule has 2 nitrogen and oxygen atoms in total. The van der Waals surface area contributed by atoms with Crippen LogP contribution in [0.4, 0.5) is 0 Å². The monoisotopic (exact) mass is 428 g/mol. The van der Waals surface area contributed by atoms with Crippen LogP contribution in [0.2, 0.25) is 0 Å². The van der Waals surface area contributed by atoms with Gasteiger partial charge in [-0.1, -0.05) is 109 Å². The Hall–Kier alpha value is -2.95. The van der Waals surface area contributed by atoms with E-state index in [0.717, 1.165) is 21.1 Å². The second kappa shape index (κ2) is 8.42. The first-order valence-electron chi connectivity index (χ1n) is 9.98. The van der Waals surface area contributed by atoms with Gasteiger partial charge in [0.05, 0.1) is 10.3 Å². The van der Waals surface area contributed by atoms with Gasteiger partial charge in [-0.15, -0.1) is 0 Å². The van der Waals surface area contributed by atoms with E-state index in [2.05, 4.69) is 36.4 Å². The summed E-state index contributed by atoms with van der Waals surface area (Å²) in [6.07, 6.45) is 0. The average molecular weight is 429 g/mol. The van der Waals surface area contributed by atoms with E-state index in [9.17, 15) is 8.42 Å². The lowest BCUT2D eigenvalue weighted by Crippen LogP contribution is -2.71. The fourth-order valence-corrected chi connectivity index (χ4v) is 12.8. The molecule has 0 amide bonds. The maximum atomic E-state index is 13.7. The smallest absolute Gasteiger partial charge is 0.176 e. The summed E-state index contributed by atoms with van der Waals surface area (Å²) in [4.78, 5) is 0.382. The van der Waals surface area contributed by atoms with E-state index in [0.29, 0.717) is 4.90 Å².